The molecule has 1 heterocycles. The molecular formula is C19H22ClN3O3. The summed E-state index contributed by atoms with van der Waals surface area (Å²) in [5, 5.41) is 23.2. The Morgan fingerprint density at radius 1 is 1.15 bits per heavy atom. The van der Waals surface area contributed by atoms with Crippen LogP contribution in [0.15, 0.2) is 48.5 Å². The first-order valence-corrected chi connectivity index (χ1v) is 8.85. The third-order valence-electron chi connectivity index (χ3n) is 3.94. The third kappa shape index (κ3) is 4.74. The Labute approximate surface area is 157 Å². The highest BCUT2D eigenvalue weighted by Gasteiger charge is 2.14. The van der Waals surface area contributed by atoms with Gasteiger partial charge in [-0.2, -0.15) is 0 Å². The largest absolute Gasteiger partial charge is 0.395 e. The maximum atomic E-state index is 10.4. The fraction of sp³-hybridized carbons (Fsp3) is 0.316. The van der Waals surface area contributed by atoms with Gasteiger partial charge in [0, 0.05) is 11.6 Å². The Bertz CT molecular complexity index is 836. The van der Waals surface area contributed by atoms with E-state index in [1.165, 1.54) is 0 Å². The fourth-order valence-corrected chi connectivity index (χ4v) is 2.85. The third-order valence-corrected chi connectivity index (χ3v) is 4.19. The fourth-order valence-electron chi connectivity index (χ4n) is 2.72. The monoisotopic (exact) mass is 375 g/mol. The molecule has 0 fully saturated rings. The van der Waals surface area contributed by atoms with Crippen molar-refractivity contribution >= 4 is 28.6 Å². The topological polar surface area (TPSA) is 79.5 Å². The lowest BCUT2D eigenvalue weighted by Gasteiger charge is -2.15. The molecule has 3 rings (SSSR count). The zero-order valence-corrected chi connectivity index (χ0v) is 15.1. The van der Waals surface area contributed by atoms with Gasteiger partial charge < -0.3 is 24.8 Å². The first-order valence-electron chi connectivity index (χ1n) is 8.47. The number of halogens is 1. The van der Waals surface area contributed by atoms with Crippen molar-refractivity contribution in [2.75, 3.05) is 25.1 Å². The SMILES string of the molecule is OCCNc1nc2ccccc2n1C[C@H](O)COCc1ccc(Cl)cc1. The molecule has 0 amide bonds. The number of ether oxygens (including phenoxy) is 1. The van der Waals surface area contributed by atoms with Crippen molar-refractivity contribution in [2.24, 2.45) is 0 Å². The van der Waals surface area contributed by atoms with Crippen molar-refractivity contribution in [3.8, 4) is 0 Å². The van der Waals surface area contributed by atoms with E-state index in [1.54, 1.807) is 0 Å². The molecule has 1 aromatic heterocycles. The zero-order valence-electron chi connectivity index (χ0n) is 14.3. The molecule has 2 aromatic carbocycles. The van der Waals surface area contributed by atoms with Crippen LogP contribution in [-0.2, 0) is 17.9 Å². The summed E-state index contributed by atoms with van der Waals surface area (Å²) in [6.07, 6.45) is -0.686. The molecule has 0 saturated carbocycles. The quantitative estimate of drug-likeness (QED) is 0.536. The van der Waals surface area contributed by atoms with E-state index < -0.39 is 6.10 Å². The molecule has 1 atom stereocenters. The normalized spacial score (nSPS) is 12.4. The standard InChI is InChI=1S/C19H22ClN3O3/c20-15-7-5-14(6-8-15)12-26-13-16(25)11-23-18-4-2-1-3-17(18)22-19(23)21-9-10-24/h1-8,16,24-25H,9-13H2,(H,21,22)/t16-/m0/s1. The minimum atomic E-state index is -0.686. The van der Waals surface area contributed by atoms with Crippen molar-refractivity contribution in [1.29, 1.82) is 0 Å². The summed E-state index contributed by atoms with van der Waals surface area (Å²) in [6.45, 7) is 1.36. The maximum absolute atomic E-state index is 10.4. The number of para-hydroxylation sites is 2. The van der Waals surface area contributed by atoms with Crippen molar-refractivity contribution in [1.82, 2.24) is 9.55 Å². The van der Waals surface area contributed by atoms with Crippen LogP contribution in [0.1, 0.15) is 5.56 Å². The number of anilines is 1. The molecule has 0 aliphatic heterocycles. The molecule has 0 radical (unpaired) electrons. The number of benzene rings is 2. The van der Waals surface area contributed by atoms with Gasteiger partial charge in [-0.15, -0.1) is 0 Å². The van der Waals surface area contributed by atoms with Gasteiger partial charge in [-0.3, -0.25) is 0 Å². The van der Waals surface area contributed by atoms with Gasteiger partial charge in [0.05, 0.1) is 43.5 Å². The molecule has 0 saturated heterocycles. The summed E-state index contributed by atoms with van der Waals surface area (Å²) in [4.78, 5) is 4.52. The van der Waals surface area contributed by atoms with Crippen LogP contribution in [0, 0.1) is 0 Å². The smallest absolute Gasteiger partial charge is 0.204 e. The van der Waals surface area contributed by atoms with Gasteiger partial charge >= 0.3 is 0 Å². The van der Waals surface area contributed by atoms with E-state index in [1.807, 2.05) is 53.1 Å². The first-order chi connectivity index (χ1) is 12.7. The van der Waals surface area contributed by atoms with Crippen LogP contribution >= 0.6 is 11.6 Å². The van der Waals surface area contributed by atoms with E-state index in [-0.39, 0.29) is 13.2 Å². The lowest BCUT2D eigenvalue weighted by atomic mass is 10.2. The van der Waals surface area contributed by atoms with Crippen LogP contribution in [0.25, 0.3) is 11.0 Å². The minimum absolute atomic E-state index is 0.00988. The number of hydrogen-bond acceptors (Lipinski definition) is 5. The van der Waals surface area contributed by atoms with E-state index in [0.29, 0.717) is 30.7 Å². The molecule has 0 bridgehead atoms. The van der Waals surface area contributed by atoms with E-state index in [2.05, 4.69) is 10.3 Å². The van der Waals surface area contributed by atoms with Crippen molar-refractivity contribution < 1.29 is 14.9 Å². The van der Waals surface area contributed by atoms with Gasteiger partial charge in [0.2, 0.25) is 5.95 Å². The molecule has 3 N–H and O–H groups in total. The average Bonchev–Trinajstić information content (AvgIpc) is 2.99. The Hall–Kier alpha value is -2.12. The van der Waals surface area contributed by atoms with Crippen molar-refractivity contribution in [3.63, 3.8) is 0 Å². The predicted molar refractivity (Wildman–Crippen MR) is 102 cm³/mol. The number of rotatable bonds is 9. The second-order valence-corrected chi connectivity index (χ2v) is 6.42. The number of aliphatic hydroxyl groups excluding tert-OH is 2. The zero-order chi connectivity index (χ0) is 18.4. The van der Waals surface area contributed by atoms with Gasteiger partial charge in [-0.25, -0.2) is 4.98 Å². The molecule has 6 nitrogen and oxygen atoms in total. The van der Waals surface area contributed by atoms with E-state index in [9.17, 15) is 5.11 Å². The number of hydrogen-bond donors (Lipinski definition) is 3. The number of aromatic nitrogens is 2. The molecule has 0 aliphatic carbocycles. The van der Waals surface area contributed by atoms with Crippen LogP contribution in [0.4, 0.5) is 5.95 Å². The summed E-state index contributed by atoms with van der Waals surface area (Å²) in [6, 6.07) is 15.1. The van der Waals surface area contributed by atoms with Gasteiger partial charge in [0.1, 0.15) is 0 Å². The molecular weight excluding hydrogens is 354 g/mol. The van der Waals surface area contributed by atoms with E-state index in [4.69, 9.17) is 21.4 Å². The van der Waals surface area contributed by atoms with E-state index in [0.717, 1.165) is 16.6 Å². The highest BCUT2D eigenvalue weighted by Crippen LogP contribution is 2.20. The van der Waals surface area contributed by atoms with Crippen molar-refractivity contribution in [2.45, 2.75) is 19.3 Å². The molecule has 7 heteroatoms. The highest BCUT2D eigenvalue weighted by atomic mass is 35.5. The Kier molecular flexibility index (Phi) is 6.46. The number of fused-ring (bicyclic) bond motifs is 1. The van der Waals surface area contributed by atoms with Crippen LogP contribution in [0.5, 0.6) is 0 Å². The Morgan fingerprint density at radius 2 is 1.92 bits per heavy atom. The van der Waals surface area contributed by atoms with Gasteiger partial charge in [0.15, 0.2) is 0 Å². The maximum Gasteiger partial charge on any atom is 0.204 e. The van der Waals surface area contributed by atoms with Crippen LogP contribution in [0.2, 0.25) is 5.02 Å². The summed E-state index contributed by atoms with van der Waals surface area (Å²) < 4.78 is 7.52. The summed E-state index contributed by atoms with van der Waals surface area (Å²) in [5.74, 6) is 0.622. The van der Waals surface area contributed by atoms with Crippen LogP contribution < -0.4 is 5.32 Å². The molecule has 0 spiro atoms. The second-order valence-electron chi connectivity index (χ2n) is 5.98. The Morgan fingerprint density at radius 3 is 2.69 bits per heavy atom. The molecule has 26 heavy (non-hydrogen) atoms. The lowest BCUT2D eigenvalue weighted by Crippen LogP contribution is -2.23. The molecule has 0 aliphatic rings. The van der Waals surface area contributed by atoms with Gasteiger partial charge in [0.25, 0.3) is 0 Å². The minimum Gasteiger partial charge on any atom is -0.395 e. The lowest BCUT2D eigenvalue weighted by molar-refractivity contribution is 0.0211. The van der Waals surface area contributed by atoms with Gasteiger partial charge in [-0.1, -0.05) is 35.9 Å². The number of imidazole rings is 1. The predicted octanol–water partition coefficient (Wildman–Crippen LogP) is 2.67. The summed E-state index contributed by atoms with van der Waals surface area (Å²) in [5.41, 5.74) is 2.76. The number of nitrogens with one attached hydrogen (secondary N) is 1. The number of aliphatic hydroxyl groups is 2. The molecule has 3 aromatic rings. The van der Waals surface area contributed by atoms with Crippen LogP contribution in [-0.4, -0.2) is 45.6 Å². The summed E-state index contributed by atoms with van der Waals surface area (Å²) in [7, 11) is 0. The first kappa shape index (κ1) is 18.7. The van der Waals surface area contributed by atoms with Crippen LogP contribution in [0.3, 0.4) is 0 Å². The van der Waals surface area contributed by atoms with Gasteiger partial charge in [-0.05, 0) is 29.8 Å². The Balaban J connectivity index is 1.62. The average molecular weight is 376 g/mol. The summed E-state index contributed by atoms with van der Waals surface area (Å²) >= 11 is 5.86. The second kappa shape index (κ2) is 9.00. The van der Waals surface area contributed by atoms with Crippen molar-refractivity contribution in [3.05, 3.63) is 59.1 Å². The molecule has 0 unspecified atom stereocenters. The van der Waals surface area contributed by atoms with E-state index >= 15 is 0 Å². The molecule has 138 valence electrons. The highest BCUT2D eigenvalue weighted by molar-refractivity contribution is 6.30. The number of nitrogens with zero attached hydrogens (tertiary/aromatic N) is 2.